The molecule has 2 N–H and O–H groups in total. The van der Waals surface area contributed by atoms with Crippen LogP contribution in [0.25, 0.3) is 10.7 Å². The van der Waals surface area contributed by atoms with Gasteiger partial charge in [0.15, 0.2) is 10.6 Å². The predicted octanol–water partition coefficient (Wildman–Crippen LogP) is 2.76. The molecule has 5 nitrogen and oxygen atoms in total. The van der Waals surface area contributed by atoms with Gasteiger partial charge in [-0.3, -0.25) is 14.5 Å². The summed E-state index contributed by atoms with van der Waals surface area (Å²) >= 11 is 6.84. The minimum absolute atomic E-state index is 0.00722. The monoisotopic (exact) mass is 308 g/mol. The van der Waals surface area contributed by atoms with E-state index in [1.54, 1.807) is 15.9 Å². The number of amides is 1. The standard InChI is InChI=1S/C13H16N4OS2/c1-8(12(18)14-7-9-4-5-9)17-11(15-16-13(17)19)10-3-2-6-20-10/h2-3,6,8-9H,4-5,7H2,1H3,(H,14,18)(H,16,19). The highest BCUT2D eigenvalue weighted by Crippen LogP contribution is 2.28. The normalized spacial score (nSPS) is 16.1. The average Bonchev–Trinajstić information content (AvgIpc) is 2.96. The molecule has 2 heterocycles. The molecule has 1 aliphatic carbocycles. The molecule has 2 aromatic heterocycles. The van der Waals surface area contributed by atoms with Crippen LogP contribution in [-0.2, 0) is 4.79 Å². The highest BCUT2D eigenvalue weighted by Gasteiger charge is 2.25. The average molecular weight is 308 g/mol. The maximum atomic E-state index is 12.2. The van der Waals surface area contributed by atoms with Crippen molar-refractivity contribution in [3.05, 3.63) is 22.3 Å². The third-order valence-electron chi connectivity index (χ3n) is 3.47. The van der Waals surface area contributed by atoms with Crippen LogP contribution in [0.15, 0.2) is 17.5 Å². The van der Waals surface area contributed by atoms with Crippen LogP contribution < -0.4 is 5.32 Å². The number of aromatic nitrogens is 3. The van der Waals surface area contributed by atoms with Gasteiger partial charge in [0.1, 0.15) is 6.04 Å². The lowest BCUT2D eigenvalue weighted by atomic mass is 10.3. The first-order valence-electron chi connectivity index (χ1n) is 6.65. The number of aromatic amines is 1. The van der Waals surface area contributed by atoms with Crippen molar-refractivity contribution in [2.45, 2.75) is 25.8 Å². The first-order valence-corrected chi connectivity index (χ1v) is 7.94. The van der Waals surface area contributed by atoms with Gasteiger partial charge in [0.25, 0.3) is 0 Å². The Balaban J connectivity index is 1.83. The van der Waals surface area contributed by atoms with E-state index < -0.39 is 0 Å². The van der Waals surface area contributed by atoms with Gasteiger partial charge >= 0.3 is 0 Å². The molecule has 20 heavy (non-hydrogen) atoms. The molecule has 1 saturated carbocycles. The maximum Gasteiger partial charge on any atom is 0.242 e. The molecule has 106 valence electrons. The molecule has 0 saturated heterocycles. The summed E-state index contributed by atoms with van der Waals surface area (Å²) < 4.78 is 2.26. The quantitative estimate of drug-likeness (QED) is 0.835. The molecule has 1 amide bonds. The van der Waals surface area contributed by atoms with Crippen LogP contribution in [0.4, 0.5) is 0 Å². The number of carbonyl (C=O) groups excluding carboxylic acids is 1. The summed E-state index contributed by atoms with van der Waals surface area (Å²) in [4.78, 5) is 13.2. The molecule has 1 aliphatic rings. The summed E-state index contributed by atoms with van der Waals surface area (Å²) in [6.45, 7) is 2.62. The Morgan fingerprint density at radius 3 is 3.15 bits per heavy atom. The van der Waals surface area contributed by atoms with Gasteiger partial charge in [-0.05, 0) is 49.3 Å². The molecule has 7 heteroatoms. The van der Waals surface area contributed by atoms with E-state index >= 15 is 0 Å². The van der Waals surface area contributed by atoms with E-state index in [4.69, 9.17) is 12.2 Å². The largest absolute Gasteiger partial charge is 0.354 e. The van der Waals surface area contributed by atoms with E-state index in [-0.39, 0.29) is 11.9 Å². The lowest BCUT2D eigenvalue weighted by Gasteiger charge is -2.15. The Labute approximate surface area is 126 Å². The lowest BCUT2D eigenvalue weighted by Crippen LogP contribution is -2.32. The van der Waals surface area contributed by atoms with Gasteiger partial charge in [-0.15, -0.1) is 11.3 Å². The van der Waals surface area contributed by atoms with Crippen molar-refractivity contribution in [3.63, 3.8) is 0 Å². The van der Waals surface area contributed by atoms with Crippen molar-refractivity contribution in [1.82, 2.24) is 20.1 Å². The van der Waals surface area contributed by atoms with Gasteiger partial charge in [0.05, 0.1) is 4.88 Å². The van der Waals surface area contributed by atoms with Crippen molar-refractivity contribution in [1.29, 1.82) is 0 Å². The Morgan fingerprint density at radius 2 is 2.50 bits per heavy atom. The molecule has 1 fully saturated rings. The third kappa shape index (κ3) is 2.69. The summed E-state index contributed by atoms with van der Waals surface area (Å²) in [5.74, 6) is 1.38. The van der Waals surface area contributed by atoms with Gasteiger partial charge in [0.2, 0.25) is 5.91 Å². The van der Waals surface area contributed by atoms with E-state index in [9.17, 15) is 4.79 Å². The van der Waals surface area contributed by atoms with Gasteiger partial charge in [-0.2, -0.15) is 5.10 Å². The second kappa shape index (κ2) is 5.49. The number of carbonyl (C=O) groups is 1. The SMILES string of the molecule is CC(C(=O)NCC1CC1)n1c(-c2cccs2)n[nH]c1=S. The zero-order valence-electron chi connectivity index (χ0n) is 11.1. The number of nitrogens with zero attached hydrogens (tertiary/aromatic N) is 2. The van der Waals surface area contributed by atoms with E-state index in [0.717, 1.165) is 17.2 Å². The smallest absolute Gasteiger partial charge is 0.242 e. The zero-order chi connectivity index (χ0) is 14.1. The highest BCUT2D eigenvalue weighted by molar-refractivity contribution is 7.71. The summed E-state index contributed by atoms with van der Waals surface area (Å²) in [7, 11) is 0. The number of thiophene rings is 1. The second-order valence-electron chi connectivity index (χ2n) is 5.06. The van der Waals surface area contributed by atoms with Crippen LogP contribution >= 0.6 is 23.6 Å². The molecule has 2 aromatic rings. The van der Waals surface area contributed by atoms with Gasteiger partial charge in [0, 0.05) is 6.54 Å². The van der Waals surface area contributed by atoms with E-state index in [2.05, 4.69) is 15.5 Å². The van der Waals surface area contributed by atoms with Gasteiger partial charge in [-0.25, -0.2) is 0 Å². The molecular formula is C13H16N4OS2. The highest BCUT2D eigenvalue weighted by atomic mass is 32.1. The minimum Gasteiger partial charge on any atom is -0.354 e. The van der Waals surface area contributed by atoms with Crippen molar-refractivity contribution in [2.24, 2.45) is 5.92 Å². The van der Waals surface area contributed by atoms with Crippen LogP contribution in [0.5, 0.6) is 0 Å². The topological polar surface area (TPSA) is 62.7 Å². The zero-order valence-corrected chi connectivity index (χ0v) is 12.8. The first-order chi connectivity index (χ1) is 9.66. The molecule has 1 atom stereocenters. The van der Waals surface area contributed by atoms with Crippen LogP contribution in [0, 0.1) is 10.7 Å². The number of hydrogen-bond donors (Lipinski definition) is 2. The number of rotatable bonds is 5. The summed E-state index contributed by atoms with van der Waals surface area (Å²) in [6.07, 6.45) is 2.44. The fourth-order valence-corrected chi connectivity index (χ4v) is 3.08. The number of nitrogens with one attached hydrogen (secondary N) is 2. The van der Waals surface area contributed by atoms with Crippen molar-refractivity contribution < 1.29 is 4.79 Å². The minimum atomic E-state index is -0.364. The Kier molecular flexibility index (Phi) is 3.71. The maximum absolute atomic E-state index is 12.2. The Morgan fingerprint density at radius 1 is 1.70 bits per heavy atom. The molecule has 0 bridgehead atoms. The molecular weight excluding hydrogens is 292 g/mol. The van der Waals surface area contributed by atoms with Crippen LogP contribution in [0.2, 0.25) is 0 Å². The Bertz CT molecular complexity index is 654. The van der Waals surface area contributed by atoms with Crippen molar-refractivity contribution in [3.8, 4) is 10.7 Å². The molecule has 0 radical (unpaired) electrons. The van der Waals surface area contributed by atoms with E-state index in [1.807, 2.05) is 24.4 Å². The number of H-pyrrole nitrogens is 1. The summed E-state index contributed by atoms with van der Waals surface area (Å²) in [5.41, 5.74) is 0. The van der Waals surface area contributed by atoms with Crippen molar-refractivity contribution in [2.75, 3.05) is 6.54 Å². The first kappa shape index (κ1) is 13.5. The number of hydrogen-bond acceptors (Lipinski definition) is 4. The van der Waals surface area contributed by atoms with Crippen LogP contribution in [-0.4, -0.2) is 27.2 Å². The Hall–Kier alpha value is -1.47. The van der Waals surface area contributed by atoms with Crippen LogP contribution in [0.3, 0.4) is 0 Å². The third-order valence-corrected chi connectivity index (χ3v) is 4.63. The van der Waals surface area contributed by atoms with Gasteiger partial charge < -0.3 is 5.32 Å². The fourth-order valence-electron chi connectivity index (χ4n) is 2.08. The van der Waals surface area contributed by atoms with Gasteiger partial charge in [-0.1, -0.05) is 6.07 Å². The predicted molar refractivity (Wildman–Crippen MR) is 81.2 cm³/mol. The molecule has 0 spiro atoms. The van der Waals surface area contributed by atoms with Crippen LogP contribution in [0.1, 0.15) is 25.8 Å². The molecule has 1 unspecified atom stereocenters. The van der Waals surface area contributed by atoms with E-state index in [0.29, 0.717) is 10.7 Å². The van der Waals surface area contributed by atoms with Crippen molar-refractivity contribution >= 4 is 29.5 Å². The summed E-state index contributed by atoms with van der Waals surface area (Å²) in [5, 5.41) is 12.0. The second-order valence-corrected chi connectivity index (χ2v) is 6.40. The fraction of sp³-hybridized carbons (Fsp3) is 0.462. The lowest BCUT2D eigenvalue weighted by molar-refractivity contribution is -0.123. The molecule has 0 aromatic carbocycles. The molecule has 3 rings (SSSR count). The van der Waals surface area contributed by atoms with E-state index in [1.165, 1.54) is 12.8 Å². The molecule has 0 aliphatic heterocycles. The summed E-state index contributed by atoms with van der Waals surface area (Å²) in [6, 6.07) is 3.57.